The van der Waals surface area contributed by atoms with Crippen molar-refractivity contribution in [3.05, 3.63) is 48.7 Å². The van der Waals surface area contributed by atoms with E-state index in [2.05, 4.69) is 15.1 Å². The zero-order valence-electron chi connectivity index (χ0n) is 16.5. The van der Waals surface area contributed by atoms with Crippen molar-refractivity contribution in [3.63, 3.8) is 0 Å². The number of ether oxygens (including phenoxy) is 4. The first-order valence-corrected chi connectivity index (χ1v) is 8.87. The fourth-order valence-corrected chi connectivity index (χ4v) is 2.96. The predicted molar refractivity (Wildman–Crippen MR) is 108 cm³/mol. The van der Waals surface area contributed by atoms with Gasteiger partial charge in [0.2, 0.25) is 5.88 Å². The van der Waals surface area contributed by atoms with E-state index in [1.54, 1.807) is 50.4 Å². The average molecular weight is 392 g/mol. The number of aryl methyl sites for hydroxylation is 1. The smallest absolute Gasteiger partial charge is 0.234 e. The van der Waals surface area contributed by atoms with Gasteiger partial charge in [0.05, 0.1) is 27.5 Å². The summed E-state index contributed by atoms with van der Waals surface area (Å²) in [5, 5.41) is 5.00. The first-order valence-electron chi connectivity index (χ1n) is 8.87. The molecular weight excluding hydrogens is 372 g/mol. The summed E-state index contributed by atoms with van der Waals surface area (Å²) in [7, 11) is 6.61. The van der Waals surface area contributed by atoms with E-state index in [1.165, 1.54) is 0 Å². The molecule has 0 saturated heterocycles. The highest BCUT2D eigenvalue weighted by Gasteiger charge is 2.16. The van der Waals surface area contributed by atoms with E-state index in [9.17, 15) is 0 Å². The number of benzene rings is 2. The summed E-state index contributed by atoms with van der Waals surface area (Å²) in [6.07, 6.45) is 1.68. The van der Waals surface area contributed by atoms with Gasteiger partial charge in [-0.1, -0.05) is 12.1 Å². The van der Waals surface area contributed by atoms with E-state index < -0.39 is 0 Å². The van der Waals surface area contributed by atoms with Gasteiger partial charge in [0.15, 0.2) is 23.0 Å². The van der Waals surface area contributed by atoms with Crippen LogP contribution in [-0.2, 0) is 7.05 Å². The normalized spacial score (nSPS) is 10.8. The van der Waals surface area contributed by atoms with Crippen LogP contribution in [0.5, 0.6) is 28.9 Å². The molecule has 4 rings (SSSR count). The van der Waals surface area contributed by atoms with Crippen molar-refractivity contribution in [1.82, 2.24) is 19.7 Å². The van der Waals surface area contributed by atoms with Crippen LogP contribution in [0, 0.1) is 0 Å². The number of fused-ring (bicyclic) bond motifs is 1. The van der Waals surface area contributed by atoms with E-state index >= 15 is 0 Å². The Morgan fingerprint density at radius 3 is 2.41 bits per heavy atom. The molecular formula is C21H20N4O4. The van der Waals surface area contributed by atoms with Crippen LogP contribution in [0.15, 0.2) is 48.7 Å². The molecule has 0 aliphatic rings. The molecule has 2 heterocycles. The first kappa shape index (κ1) is 18.5. The highest BCUT2D eigenvalue weighted by atomic mass is 16.5. The average Bonchev–Trinajstić information content (AvgIpc) is 3.14. The molecule has 0 fully saturated rings. The lowest BCUT2D eigenvalue weighted by Crippen LogP contribution is -1.99. The maximum atomic E-state index is 6.09. The van der Waals surface area contributed by atoms with Crippen molar-refractivity contribution >= 4 is 11.0 Å². The van der Waals surface area contributed by atoms with Gasteiger partial charge in [0, 0.05) is 18.7 Å². The van der Waals surface area contributed by atoms with E-state index in [0.29, 0.717) is 40.0 Å². The Morgan fingerprint density at radius 1 is 0.828 bits per heavy atom. The summed E-state index contributed by atoms with van der Waals surface area (Å²) in [6.45, 7) is 0. The molecule has 2 aromatic carbocycles. The quantitative estimate of drug-likeness (QED) is 0.493. The molecule has 148 valence electrons. The Labute approximate surface area is 167 Å². The standard InChI is InChI=1S/C21H20N4O4/c1-25-20-16(12-22-25)21(29-15-8-9-17(27-3)18(11-15)28-4)24-19(23-20)13-6-5-7-14(10-13)26-2/h5-12H,1-4H3. The Morgan fingerprint density at radius 2 is 1.66 bits per heavy atom. The lowest BCUT2D eigenvalue weighted by Gasteiger charge is -2.11. The largest absolute Gasteiger partial charge is 0.497 e. The van der Waals surface area contributed by atoms with Crippen molar-refractivity contribution in [3.8, 4) is 40.3 Å². The summed E-state index contributed by atoms with van der Waals surface area (Å²) < 4.78 is 23.7. The summed E-state index contributed by atoms with van der Waals surface area (Å²) in [5.41, 5.74) is 1.47. The Kier molecular flexibility index (Phi) is 4.90. The minimum absolute atomic E-state index is 0.396. The van der Waals surface area contributed by atoms with Gasteiger partial charge in [0.1, 0.15) is 16.9 Å². The third-order valence-electron chi connectivity index (χ3n) is 4.45. The molecule has 8 heteroatoms. The van der Waals surface area contributed by atoms with Gasteiger partial charge >= 0.3 is 0 Å². The third kappa shape index (κ3) is 3.52. The second kappa shape index (κ2) is 7.67. The monoisotopic (exact) mass is 392 g/mol. The van der Waals surface area contributed by atoms with E-state index in [0.717, 1.165) is 11.3 Å². The third-order valence-corrected chi connectivity index (χ3v) is 4.45. The van der Waals surface area contributed by atoms with Gasteiger partial charge in [-0.15, -0.1) is 0 Å². The fourth-order valence-electron chi connectivity index (χ4n) is 2.96. The van der Waals surface area contributed by atoms with Crippen LogP contribution in [0.1, 0.15) is 0 Å². The molecule has 0 radical (unpaired) electrons. The van der Waals surface area contributed by atoms with Gasteiger partial charge in [0.25, 0.3) is 0 Å². The fraction of sp³-hybridized carbons (Fsp3) is 0.190. The van der Waals surface area contributed by atoms with Gasteiger partial charge in [-0.05, 0) is 24.3 Å². The summed E-state index contributed by atoms with van der Waals surface area (Å²) in [6, 6.07) is 12.9. The number of hydrogen-bond acceptors (Lipinski definition) is 7. The minimum Gasteiger partial charge on any atom is -0.497 e. The van der Waals surface area contributed by atoms with Gasteiger partial charge in [-0.25, -0.2) is 4.98 Å². The molecule has 29 heavy (non-hydrogen) atoms. The van der Waals surface area contributed by atoms with Gasteiger partial charge in [-0.2, -0.15) is 10.1 Å². The van der Waals surface area contributed by atoms with E-state index in [4.69, 9.17) is 18.9 Å². The van der Waals surface area contributed by atoms with Crippen LogP contribution in [-0.4, -0.2) is 41.1 Å². The van der Waals surface area contributed by atoms with Crippen LogP contribution in [0.25, 0.3) is 22.4 Å². The predicted octanol–water partition coefficient (Wildman–Crippen LogP) is 3.85. The highest BCUT2D eigenvalue weighted by Crippen LogP contribution is 2.35. The zero-order chi connectivity index (χ0) is 20.4. The summed E-state index contributed by atoms with van der Waals surface area (Å²) >= 11 is 0. The number of methoxy groups -OCH3 is 3. The molecule has 2 aromatic heterocycles. The molecule has 0 unspecified atom stereocenters. The number of hydrogen-bond donors (Lipinski definition) is 0. The molecule has 8 nitrogen and oxygen atoms in total. The lowest BCUT2D eigenvalue weighted by atomic mass is 10.2. The Balaban J connectivity index is 1.81. The molecule has 0 saturated carbocycles. The molecule has 0 N–H and O–H groups in total. The van der Waals surface area contributed by atoms with Crippen molar-refractivity contribution in [2.24, 2.45) is 7.05 Å². The SMILES string of the molecule is COc1cccc(-c2nc(Oc3ccc(OC)c(OC)c3)c3cnn(C)c3n2)c1. The second-order valence-electron chi connectivity index (χ2n) is 6.21. The number of nitrogens with zero attached hydrogens (tertiary/aromatic N) is 4. The highest BCUT2D eigenvalue weighted by molar-refractivity contribution is 5.82. The molecule has 0 atom stereocenters. The van der Waals surface area contributed by atoms with Crippen LogP contribution >= 0.6 is 0 Å². The Hall–Kier alpha value is -3.81. The van der Waals surface area contributed by atoms with Crippen LogP contribution in [0.3, 0.4) is 0 Å². The van der Waals surface area contributed by atoms with E-state index in [1.807, 2.05) is 31.3 Å². The van der Waals surface area contributed by atoms with Crippen LogP contribution < -0.4 is 18.9 Å². The maximum absolute atomic E-state index is 6.09. The molecule has 0 aliphatic carbocycles. The van der Waals surface area contributed by atoms with Crippen molar-refractivity contribution < 1.29 is 18.9 Å². The lowest BCUT2D eigenvalue weighted by molar-refractivity contribution is 0.352. The van der Waals surface area contributed by atoms with Crippen LogP contribution in [0.4, 0.5) is 0 Å². The molecule has 0 aliphatic heterocycles. The Bertz CT molecular complexity index is 1170. The van der Waals surface area contributed by atoms with Crippen molar-refractivity contribution in [2.75, 3.05) is 21.3 Å². The minimum atomic E-state index is 0.396. The number of aromatic nitrogens is 4. The first-order chi connectivity index (χ1) is 14.1. The summed E-state index contributed by atoms with van der Waals surface area (Å²) in [4.78, 5) is 9.29. The number of rotatable bonds is 6. The maximum Gasteiger partial charge on any atom is 0.234 e. The van der Waals surface area contributed by atoms with Gasteiger partial charge < -0.3 is 18.9 Å². The second-order valence-corrected chi connectivity index (χ2v) is 6.21. The van der Waals surface area contributed by atoms with Crippen LogP contribution in [0.2, 0.25) is 0 Å². The van der Waals surface area contributed by atoms with Crippen molar-refractivity contribution in [2.45, 2.75) is 0 Å². The summed E-state index contributed by atoms with van der Waals surface area (Å²) in [5.74, 6) is 3.37. The van der Waals surface area contributed by atoms with Gasteiger partial charge in [-0.3, -0.25) is 4.68 Å². The topological polar surface area (TPSA) is 80.5 Å². The van der Waals surface area contributed by atoms with Crippen molar-refractivity contribution in [1.29, 1.82) is 0 Å². The molecule has 4 aromatic rings. The zero-order valence-corrected chi connectivity index (χ0v) is 16.5. The molecule has 0 spiro atoms. The molecule has 0 amide bonds. The molecule has 0 bridgehead atoms. The van der Waals surface area contributed by atoms with E-state index in [-0.39, 0.29) is 0 Å².